The van der Waals surface area contributed by atoms with E-state index in [0.717, 1.165) is 45.1 Å². The molecule has 2 unspecified atom stereocenters. The molecule has 3 heterocycles. The first-order valence-electron chi connectivity index (χ1n) is 9.09. The number of rotatable bonds is 4. The first-order chi connectivity index (χ1) is 12.0. The number of piperidine rings is 1. The van der Waals surface area contributed by atoms with Gasteiger partial charge in [-0.15, -0.1) is 0 Å². The number of hydrogen-bond acceptors (Lipinski definition) is 4. The van der Waals surface area contributed by atoms with Gasteiger partial charge in [0.05, 0.1) is 10.0 Å². The van der Waals surface area contributed by atoms with E-state index < -0.39 is 0 Å². The Kier molecular flexibility index (Phi) is 6.42. The standard InChI is InChI=1S/C18H26Cl2N4O/c1-13(14-3-2-4-21-11-14)9-17(25)23-5-7-24(8-6-23)18-16(20)10-15(19)12-22-18/h10,12-14,21H,2-9,11H2,1H3. The van der Waals surface area contributed by atoms with E-state index in [4.69, 9.17) is 23.2 Å². The molecule has 25 heavy (non-hydrogen) atoms. The molecule has 0 spiro atoms. The van der Waals surface area contributed by atoms with Gasteiger partial charge in [0.25, 0.3) is 0 Å². The molecule has 0 bridgehead atoms. The highest BCUT2D eigenvalue weighted by atomic mass is 35.5. The van der Waals surface area contributed by atoms with Crippen LogP contribution in [0.5, 0.6) is 0 Å². The van der Waals surface area contributed by atoms with E-state index in [1.165, 1.54) is 12.8 Å². The summed E-state index contributed by atoms with van der Waals surface area (Å²) in [6, 6.07) is 1.71. The van der Waals surface area contributed by atoms with Crippen LogP contribution < -0.4 is 10.2 Å². The number of aromatic nitrogens is 1. The smallest absolute Gasteiger partial charge is 0.222 e. The summed E-state index contributed by atoms with van der Waals surface area (Å²) in [4.78, 5) is 21.1. The second kappa shape index (κ2) is 8.56. The van der Waals surface area contributed by atoms with Gasteiger partial charge in [0.1, 0.15) is 5.82 Å². The lowest BCUT2D eigenvalue weighted by Crippen LogP contribution is -2.49. The molecule has 0 radical (unpaired) electrons. The van der Waals surface area contributed by atoms with Crippen molar-refractivity contribution in [3.05, 3.63) is 22.3 Å². The summed E-state index contributed by atoms with van der Waals surface area (Å²) in [6.07, 6.45) is 4.71. The summed E-state index contributed by atoms with van der Waals surface area (Å²) in [7, 11) is 0. The number of piperazine rings is 1. The van der Waals surface area contributed by atoms with Gasteiger partial charge in [0.2, 0.25) is 5.91 Å². The fraction of sp³-hybridized carbons (Fsp3) is 0.667. The minimum Gasteiger partial charge on any atom is -0.352 e. The van der Waals surface area contributed by atoms with Gasteiger partial charge in [0.15, 0.2) is 0 Å². The molecule has 2 atom stereocenters. The second-order valence-electron chi connectivity index (χ2n) is 7.11. The minimum absolute atomic E-state index is 0.271. The first kappa shape index (κ1) is 18.7. The number of carbonyl (C=O) groups excluding carboxylic acids is 1. The van der Waals surface area contributed by atoms with Crippen molar-refractivity contribution in [2.75, 3.05) is 44.2 Å². The van der Waals surface area contributed by atoms with Gasteiger partial charge < -0.3 is 15.1 Å². The van der Waals surface area contributed by atoms with Crippen LogP contribution in [0.3, 0.4) is 0 Å². The zero-order chi connectivity index (χ0) is 17.8. The van der Waals surface area contributed by atoms with Crippen LogP contribution in [-0.2, 0) is 4.79 Å². The summed E-state index contributed by atoms with van der Waals surface area (Å²) >= 11 is 12.2. The topological polar surface area (TPSA) is 48.5 Å². The fourth-order valence-electron chi connectivity index (χ4n) is 3.74. The van der Waals surface area contributed by atoms with Crippen molar-refractivity contribution in [3.63, 3.8) is 0 Å². The Morgan fingerprint density at radius 1 is 1.36 bits per heavy atom. The number of amides is 1. The van der Waals surface area contributed by atoms with E-state index in [2.05, 4.69) is 22.1 Å². The molecule has 2 fully saturated rings. The summed E-state index contributed by atoms with van der Waals surface area (Å²) in [5.74, 6) is 2.08. The Bertz CT molecular complexity index is 599. The molecular formula is C18H26Cl2N4O. The summed E-state index contributed by atoms with van der Waals surface area (Å²) < 4.78 is 0. The van der Waals surface area contributed by atoms with Crippen LogP contribution in [-0.4, -0.2) is 55.1 Å². The zero-order valence-corrected chi connectivity index (χ0v) is 16.2. The Morgan fingerprint density at radius 2 is 2.12 bits per heavy atom. The molecule has 1 N–H and O–H groups in total. The Morgan fingerprint density at radius 3 is 2.76 bits per heavy atom. The van der Waals surface area contributed by atoms with Crippen LogP contribution in [0.1, 0.15) is 26.2 Å². The third-order valence-corrected chi connectivity index (χ3v) is 5.84. The lowest BCUT2D eigenvalue weighted by Gasteiger charge is -2.37. The third-order valence-electron chi connectivity index (χ3n) is 5.36. The fourth-order valence-corrected chi connectivity index (χ4v) is 4.24. The van der Waals surface area contributed by atoms with Crippen molar-refractivity contribution < 1.29 is 4.79 Å². The van der Waals surface area contributed by atoms with Crippen molar-refractivity contribution in [1.82, 2.24) is 15.2 Å². The number of carbonyl (C=O) groups is 1. The Labute approximate surface area is 159 Å². The number of nitrogens with one attached hydrogen (secondary N) is 1. The van der Waals surface area contributed by atoms with E-state index in [9.17, 15) is 4.79 Å². The SMILES string of the molecule is CC(CC(=O)N1CCN(c2ncc(Cl)cc2Cl)CC1)C1CCCNC1. The van der Waals surface area contributed by atoms with Gasteiger partial charge in [0, 0.05) is 38.8 Å². The molecule has 2 saturated heterocycles. The van der Waals surface area contributed by atoms with Crippen molar-refractivity contribution in [1.29, 1.82) is 0 Å². The Hall–Kier alpha value is -1.04. The van der Waals surface area contributed by atoms with Crippen molar-refractivity contribution >= 4 is 34.9 Å². The van der Waals surface area contributed by atoms with Gasteiger partial charge in [-0.2, -0.15) is 0 Å². The van der Waals surface area contributed by atoms with E-state index in [1.807, 2.05) is 4.90 Å². The molecule has 3 rings (SSSR count). The highest BCUT2D eigenvalue weighted by molar-refractivity contribution is 6.36. The van der Waals surface area contributed by atoms with Gasteiger partial charge in [-0.05, 0) is 43.8 Å². The molecule has 0 saturated carbocycles. The van der Waals surface area contributed by atoms with Crippen LogP contribution in [0, 0.1) is 11.8 Å². The minimum atomic E-state index is 0.271. The highest BCUT2D eigenvalue weighted by Crippen LogP contribution is 2.27. The van der Waals surface area contributed by atoms with Gasteiger partial charge in [-0.25, -0.2) is 4.98 Å². The molecule has 138 valence electrons. The summed E-state index contributed by atoms with van der Waals surface area (Å²) in [5, 5.41) is 4.54. The molecular weight excluding hydrogens is 359 g/mol. The molecule has 2 aliphatic rings. The quantitative estimate of drug-likeness (QED) is 0.866. The van der Waals surface area contributed by atoms with Crippen molar-refractivity contribution in [2.24, 2.45) is 11.8 Å². The molecule has 1 amide bonds. The summed E-state index contributed by atoms with van der Waals surface area (Å²) in [6.45, 7) is 7.30. The van der Waals surface area contributed by atoms with E-state index >= 15 is 0 Å². The lowest BCUT2D eigenvalue weighted by atomic mass is 9.85. The number of pyridine rings is 1. The van der Waals surface area contributed by atoms with Gasteiger partial charge >= 0.3 is 0 Å². The van der Waals surface area contributed by atoms with E-state index in [1.54, 1.807) is 12.3 Å². The lowest BCUT2D eigenvalue weighted by molar-refractivity contribution is -0.132. The number of hydrogen-bond donors (Lipinski definition) is 1. The average molecular weight is 385 g/mol. The van der Waals surface area contributed by atoms with Crippen LogP contribution >= 0.6 is 23.2 Å². The first-order valence-corrected chi connectivity index (χ1v) is 9.84. The van der Waals surface area contributed by atoms with Crippen LogP contribution in [0.25, 0.3) is 0 Å². The maximum absolute atomic E-state index is 12.6. The predicted molar refractivity (Wildman–Crippen MR) is 102 cm³/mol. The molecule has 5 nitrogen and oxygen atoms in total. The zero-order valence-electron chi connectivity index (χ0n) is 14.7. The number of halogens is 2. The largest absolute Gasteiger partial charge is 0.352 e. The summed E-state index contributed by atoms with van der Waals surface area (Å²) in [5.41, 5.74) is 0. The highest BCUT2D eigenvalue weighted by Gasteiger charge is 2.27. The van der Waals surface area contributed by atoms with E-state index in [-0.39, 0.29) is 5.91 Å². The molecule has 0 aromatic carbocycles. The molecule has 7 heteroatoms. The van der Waals surface area contributed by atoms with Crippen LogP contribution in [0.15, 0.2) is 12.3 Å². The van der Waals surface area contributed by atoms with Gasteiger partial charge in [-0.3, -0.25) is 4.79 Å². The Balaban J connectivity index is 1.50. The second-order valence-corrected chi connectivity index (χ2v) is 7.96. The molecule has 2 aliphatic heterocycles. The number of anilines is 1. The molecule has 1 aromatic heterocycles. The monoisotopic (exact) mass is 384 g/mol. The average Bonchev–Trinajstić information content (AvgIpc) is 2.62. The van der Waals surface area contributed by atoms with Crippen LogP contribution in [0.4, 0.5) is 5.82 Å². The maximum atomic E-state index is 12.6. The van der Waals surface area contributed by atoms with E-state index in [0.29, 0.717) is 28.3 Å². The number of nitrogens with zero attached hydrogens (tertiary/aromatic N) is 3. The molecule has 1 aromatic rings. The van der Waals surface area contributed by atoms with Crippen molar-refractivity contribution in [3.8, 4) is 0 Å². The third kappa shape index (κ3) is 4.78. The van der Waals surface area contributed by atoms with Crippen LogP contribution in [0.2, 0.25) is 10.0 Å². The normalized spacial score (nSPS) is 22.8. The predicted octanol–water partition coefficient (Wildman–Crippen LogP) is 3.06. The molecule has 0 aliphatic carbocycles. The maximum Gasteiger partial charge on any atom is 0.222 e. The van der Waals surface area contributed by atoms with Gasteiger partial charge in [-0.1, -0.05) is 30.1 Å². The van der Waals surface area contributed by atoms with Crippen molar-refractivity contribution in [2.45, 2.75) is 26.2 Å².